The van der Waals surface area contributed by atoms with Crippen molar-refractivity contribution in [1.82, 2.24) is 15.1 Å². The van der Waals surface area contributed by atoms with E-state index >= 15 is 0 Å². The predicted molar refractivity (Wildman–Crippen MR) is 70.6 cm³/mol. The molecule has 0 unspecified atom stereocenters. The second kappa shape index (κ2) is 6.86. The van der Waals surface area contributed by atoms with E-state index in [2.05, 4.69) is 10.2 Å². The second-order valence-electron chi connectivity index (χ2n) is 5.22. The predicted octanol–water partition coefficient (Wildman–Crippen LogP) is -0.697. The number of amides is 2. The van der Waals surface area contributed by atoms with Crippen molar-refractivity contribution in [2.75, 3.05) is 52.5 Å². The van der Waals surface area contributed by atoms with Gasteiger partial charge in [0.2, 0.25) is 11.8 Å². The Hall–Kier alpha value is -1.14. The Morgan fingerprint density at radius 2 is 1.95 bits per heavy atom. The molecule has 0 atom stereocenters. The Morgan fingerprint density at radius 3 is 2.58 bits per heavy atom. The van der Waals surface area contributed by atoms with E-state index in [9.17, 15) is 9.59 Å². The average molecular weight is 269 g/mol. The van der Waals surface area contributed by atoms with Gasteiger partial charge >= 0.3 is 0 Å². The fraction of sp³-hybridized carbons (Fsp3) is 0.846. The lowest BCUT2D eigenvalue weighted by atomic mass is 9.99. The van der Waals surface area contributed by atoms with E-state index in [0.717, 1.165) is 39.3 Å². The first-order chi connectivity index (χ1) is 9.16. The summed E-state index contributed by atoms with van der Waals surface area (Å²) in [6, 6.07) is 0. The Bertz CT molecular complexity index is 323. The summed E-state index contributed by atoms with van der Waals surface area (Å²) in [6.07, 6.45) is 0.967. The monoisotopic (exact) mass is 269 g/mol. The molecule has 6 nitrogen and oxygen atoms in total. The molecular formula is C13H23N3O3. The minimum Gasteiger partial charge on any atom is -0.379 e. The second-order valence-corrected chi connectivity index (χ2v) is 5.22. The number of hydrogen-bond acceptors (Lipinski definition) is 4. The quantitative estimate of drug-likeness (QED) is 0.671. The van der Waals surface area contributed by atoms with Crippen LogP contribution in [-0.4, -0.2) is 74.1 Å². The maximum atomic E-state index is 11.8. The number of likely N-dealkylation sites (tertiary alicyclic amines) is 1. The third-order valence-electron chi connectivity index (χ3n) is 3.75. The normalized spacial score (nSPS) is 21.0. The van der Waals surface area contributed by atoms with E-state index in [1.807, 2.05) is 0 Å². The van der Waals surface area contributed by atoms with Gasteiger partial charge in [-0.3, -0.25) is 14.5 Å². The van der Waals surface area contributed by atoms with Gasteiger partial charge in [-0.2, -0.15) is 0 Å². The van der Waals surface area contributed by atoms with Gasteiger partial charge < -0.3 is 15.0 Å². The number of rotatable bonds is 5. The molecule has 0 radical (unpaired) electrons. The molecule has 108 valence electrons. The Kier molecular flexibility index (Phi) is 5.15. The van der Waals surface area contributed by atoms with Crippen LogP contribution in [0.25, 0.3) is 0 Å². The van der Waals surface area contributed by atoms with Crippen LogP contribution in [0.1, 0.15) is 13.3 Å². The third kappa shape index (κ3) is 4.18. The Morgan fingerprint density at radius 1 is 1.26 bits per heavy atom. The first-order valence-electron chi connectivity index (χ1n) is 7.00. The van der Waals surface area contributed by atoms with Crippen LogP contribution < -0.4 is 5.32 Å². The molecule has 2 amide bonds. The molecule has 2 rings (SSSR count). The lowest BCUT2D eigenvalue weighted by molar-refractivity contribution is -0.141. The van der Waals surface area contributed by atoms with Gasteiger partial charge in [0.25, 0.3) is 0 Å². The summed E-state index contributed by atoms with van der Waals surface area (Å²) in [5.41, 5.74) is 0. The molecule has 2 aliphatic heterocycles. The summed E-state index contributed by atoms with van der Waals surface area (Å²) < 4.78 is 5.28. The summed E-state index contributed by atoms with van der Waals surface area (Å²) >= 11 is 0. The van der Waals surface area contributed by atoms with Crippen LogP contribution in [0.5, 0.6) is 0 Å². The van der Waals surface area contributed by atoms with Crippen LogP contribution in [0.2, 0.25) is 0 Å². The van der Waals surface area contributed by atoms with Gasteiger partial charge in [0.15, 0.2) is 0 Å². The van der Waals surface area contributed by atoms with Crippen LogP contribution in [0, 0.1) is 5.92 Å². The van der Waals surface area contributed by atoms with E-state index in [1.165, 1.54) is 6.92 Å². The highest BCUT2D eigenvalue weighted by Crippen LogP contribution is 2.15. The van der Waals surface area contributed by atoms with E-state index in [1.54, 1.807) is 4.90 Å². The number of nitrogens with zero attached hydrogens (tertiary/aromatic N) is 2. The van der Waals surface area contributed by atoms with Gasteiger partial charge in [0.05, 0.1) is 19.1 Å². The summed E-state index contributed by atoms with van der Waals surface area (Å²) in [5, 5.41) is 2.95. The SMILES string of the molecule is CC(=O)N1CC(C(=O)NCCCN2CCOCC2)C1. The van der Waals surface area contributed by atoms with Gasteiger partial charge in [0.1, 0.15) is 0 Å². The Balaban J connectivity index is 1.51. The van der Waals surface area contributed by atoms with Crippen LogP contribution in [0.4, 0.5) is 0 Å². The molecule has 2 heterocycles. The largest absolute Gasteiger partial charge is 0.379 e. The zero-order valence-corrected chi connectivity index (χ0v) is 11.6. The molecule has 0 spiro atoms. The lowest BCUT2D eigenvalue weighted by Crippen LogP contribution is -2.55. The van der Waals surface area contributed by atoms with Crippen LogP contribution in [0.3, 0.4) is 0 Å². The van der Waals surface area contributed by atoms with Gasteiger partial charge in [-0.25, -0.2) is 0 Å². The fourth-order valence-corrected chi connectivity index (χ4v) is 2.38. The van der Waals surface area contributed by atoms with Crippen molar-refractivity contribution in [2.45, 2.75) is 13.3 Å². The molecule has 2 fully saturated rings. The summed E-state index contributed by atoms with van der Waals surface area (Å²) in [5.74, 6) is 0.128. The molecule has 0 aliphatic carbocycles. The maximum absolute atomic E-state index is 11.8. The molecule has 0 saturated carbocycles. The zero-order chi connectivity index (χ0) is 13.7. The van der Waals surface area contributed by atoms with E-state index in [-0.39, 0.29) is 17.7 Å². The molecule has 2 saturated heterocycles. The summed E-state index contributed by atoms with van der Waals surface area (Å²) in [4.78, 5) is 26.8. The first kappa shape index (κ1) is 14.3. The standard InChI is InChI=1S/C13H23N3O3/c1-11(17)16-9-12(10-16)13(18)14-3-2-4-15-5-7-19-8-6-15/h12H,2-10H2,1H3,(H,14,18). The molecule has 1 N–H and O–H groups in total. The molecule has 6 heteroatoms. The Labute approximate surface area is 114 Å². The summed E-state index contributed by atoms with van der Waals surface area (Å²) in [6.45, 7) is 8.02. The van der Waals surface area contributed by atoms with Gasteiger partial charge in [-0.15, -0.1) is 0 Å². The zero-order valence-electron chi connectivity index (χ0n) is 11.6. The summed E-state index contributed by atoms with van der Waals surface area (Å²) in [7, 11) is 0. The number of carbonyl (C=O) groups is 2. The topological polar surface area (TPSA) is 61.9 Å². The van der Waals surface area contributed by atoms with Crippen molar-refractivity contribution in [3.05, 3.63) is 0 Å². The molecule has 0 aromatic carbocycles. The molecule has 0 aromatic heterocycles. The highest BCUT2D eigenvalue weighted by atomic mass is 16.5. The number of hydrogen-bond donors (Lipinski definition) is 1. The van der Waals surface area contributed by atoms with Crippen molar-refractivity contribution in [3.8, 4) is 0 Å². The lowest BCUT2D eigenvalue weighted by Gasteiger charge is -2.37. The van der Waals surface area contributed by atoms with Crippen LogP contribution in [-0.2, 0) is 14.3 Å². The third-order valence-corrected chi connectivity index (χ3v) is 3.75. The van der Waals surface area contributed by atoms with Crippen molar-refractivity contribution < 1.29 is 14.3 Å². The minimum atomic E-state index is -0.00714. The van der Waals surface area contributed by atoms with Crippen molar-refractivity contribution in [1.29, 1.82) is 0 Å². The van der Waals surface area contributed by atoms with Crippen molar-refractivity contribution in [2.24, 2.45) is 5.92 Å². The van der Waals surface area contributed by atoms with Gasteiger partial charge in [-0.05, 0) is 13.0 Å². The van der Waals surface area contributed by atoms with Crippen molar-refractivity contribution >= 4 is 11.8 Å². The van der Waals surface area contributed by atoms with E-state index in [4.69, 9.17) is 4.74 Å². The van der Waals surface area contributed by atoms with Crippen LogP contribution >= 0.6 is 0 Å². The molecular weight excluding hydrogens is 246 g/mol. The molecule has 0 aromatic rings. The minimum absolute atomic E-state index is 0.00714. The number of nitrogens with one attached hydrogen (secondary N) is 1. The smallest absolute Gasteiger partial charge is 0.226 e. The highest BCUT2D eigenvalue weighted by Gasteiger charge is 2.33. The van der Waals surface area contributed by atoms with Crippen molar-refractivity contribution in [3.63, 3.8) is 0 Å². The van der Waals surface area contributed by atoms with Crippen LogP contribution in [0.15, 0.2) is 0 Å². The van der Waals surface area contributed by atoms with E-state index in [0.29, 0.717) is 19.6 Å². The molecule has 19 heavy (non-hydrogen) atoms. The van der Waals surface area contributed by atoms with Gasteiger partial charge in [-0.1, -0.05) is 0 Å². The highest BCUT2D eigenvalue weighted by molar-refractivity contribution is 5.83. The number of morpholine rings is 1. The van der Waals surface area contributed by atoms with Gasteiger partial charge in [0, 0.05) is 39.6 Å². The number of ether oxygens (including phenoxy) is 1. The maximum Gasteiger partial charge on any atom is 0.226 e. The first-order valence-corrected chi connectivity index (χ1v) is 7.00. The molecule has 0 bridgehead atoms. The molecule has 2 aliphatic rings. The average Bonchev–Trinajstić information content (AvgIpc) is 2.33. The number of carbonyl (C=O) groups excluding carboxylic acids is 2. The van der Waals surface area contributed by atoms with E-state index < -0.39 is 0 Å². The fourth-order valence-electron chi connectivity index (χ4n) is 2.38.